The van der Waals surface area contributed by atoms with Crippen LogP contribution in [0.2, 0.25) is 0 Å². The van der Waals surface area contributed by atoms with Crippen molar-refractivity contribution in [3.8, 4) is 6.07 Å². The van der Waals surface area contributed by atoms with E-state index in [0.717, 1.165) is 18.3 Å². The molecule has 1 aromatic heterocycles. The van der Waals surface area contributed by atoms with Crippen LogP contribution in [0.4, 0.5) is 13.2 Å². The lowest BCUT2D eigenvalue weighted by atomic mass is 10.4. The minimum Gasteiger partial charge on any atom is -0.244 e. The van der Waals surface area contributed by atoms with Crippen LogP contribution in [-0.2, 0) is 10.0 Å². The Morgan fingerprint density at radius 2 is 2.05 bits per heavy atom. The van der Waals surface area contributed by atoms with Gasteiger partial charge in [-0.25, -0.2) is 13.4 Å². The highest BCUT2D eigenvalue weighted by Gasteiger charge is 2.36. The number of sulfonamides is 1. The molecule has 0 amide bonds. The molecule has 0 saturated heterocycles. The Kier molecular flexibility index (Phi) is 5.08. The second-order valence-corrected chi connectivity index (χ2v) is 5.88. The lowest BCUT2D eigenvalue weighted by Gasteiger charge is -2.22. The van der Waals surface area contributed by atoms with E-state index in [2.05, 4.69) is 4.98 Å². The molecule has 1 heterocycles. The van der Waals surface area contributed by atoms with Crippen LogP contribution >= 0.6 is 0 Å². The van der Waals surface area contributed by atoms with Crippen molar-refractivity contribution in [2.24, 2.45) is 0 Å². The van der Waals surface area contributed by atoms with Crippen LogP contribution in [0, 0.1) is 11.3 Å². The van der Waals surface area contributed by atoms with Crippen molar-refractivity contribution in [2.75, 3.05) is 13.1 Å². The molecule has 0 bridgehead atoms. The van der Waals surface area contributed by atoms with Gasteiger partial charge in [0.25, 0.3) is 0 Å². The summed E-state index contributed by atoms with van der Waals surface area (Å²) in [5.41, 5.74) is -0.0122. The summed E-state index contributed by atoms with van der Waals surface area (Å²) in [5, 5.41) is 8.56. The number of pyridine rings is 1. The Morgan fingerprint density at radius 3 is 2.45 bits per heavy atom. The van der Waals surface area contributed by atoms with E-state index in [1.165, 1.54) is 0 Å². The van der Waals surface area contributed by atoms with E-state index >= 15 is 0 Å². The lowest BCUT2D eigenvalue weighted by Crippen LogP contribution is -2.39. The maximum absolute atomic E-state index is 12.4. The van der Waals surface area contributed by atoms with Gasteiger partial charge in [-0.3, -0.25) is 0 Å². The van der Waals surface area contributed by atoms with Crippen LogP contribution in [0.1, 0.15) is 19.0 Å². The smallest absolute Gasteiger partial charge is 0.244 e. The summed E-state index contributed by atoms with van der Waals surface area (Å²) >= 11 is 0. The van der Waals surface area contributed by atoms with E-state index in [9.17, 15) is 21.6 Å². The lowest BCUT2D eigenvalue weighted by molar-refractivity contribution is -0.136. The fourth-order valence-corrected chi connectivity index (χ4v) is 2.95. The van der Waals surface area contributed by atoms with Gasteiger partial charge in [-0.2, -0.15) is 22.7 Å². The van der Waals surface area contributed by atoms with Gasteiger partial charge in [-0.05, 0) is 18.6 Å². The fourth-order valence-electron chi connectivity index (χ4n) is 1.48. The molecule has 0 aliphatic carbocycles. The van der Waals surface area contributed by atoms with Crippen LogP contribution in [-0.4, -0.2) is 37.0 Å². The number of nitrogens with zero attached hydrogens (tertiary/aromatic N) is 3. The van der Waals surface area contributed by atoms with E-state index in [1.54, 1.807) is 13.0 Å². The first-order valence-corrected chi connectivity index (χ1v) is 7.07. The molecule has 20 heavy (non-hydrogen) atoms. The van der Waals surface area contributed by atoms with Crippen LogP contribution in [0.3, 0.4) is 0 Å². The van der Waals surface area contributed by atoms with Crippen LogP contribution in [0.25, 0.3) is 0 Å². The molecule has 110 valence electrons. The highest BCUT2D eigenvalue weighted by atomic mass is 32.2. The quantitative estimate of drug-likeness (QED) is 0.833. The van der Waals surface area contributed by atoms with Crippen molar-refractivity contribution in [1.82, 2.24) is 9.29 Å². The Hall–Kier alpha value is -1.66. The normalized spacial score (nSPS) is 12.4. The molecule has 1 aromatic rings. The van der Waals surface area contributed by atoms with E-state index in [-0.39, 0.29) is 23.6 Å². The molecule has 0 spiro atoms. The zero-order chi connectivity index (χ0) is 15.4. The number of halogens is 3. The van der Waals surface area contributed by atoms with Gasteiger partial charge in [0.15, 0.2) is 0 Å². The fraction of sp³-hybridized carbons (Fsp3) is 0.455. The Labute approximate surface area is 114 Å². The molecule has 0 atom stereocenters. The maximum atomic E-state index is 12.4. The topological polar surface area (TPSA) is 74.1 Å². The van der Waals surface area contributed by atoms with Gasteiger partial charge in [0, 0.05) is 12.7 Å². The van der Waals surface area contributed by atoms with Gasteiger partial charge in [0.2, 0.25) is 10.0 Å². The highest BCUT2D eigenvalue weighted by Crippen LogP contribution is 2.22. The predicted molar refractivity (Wildman–Crippen MR) is 64.1 cm³/mol. The SMILES string of the molecule is CCCN(CC(F)(F)F)S(=O)(=O)c1ccc(C#N)nc1. The van der Waals surface area contributed by atoms with E-state index in [1.807, 2.05) is 0 Å². The van der Waals surface area contributed by atoms with E-state index in [0.29, 0.717) is 4.31 Å². The van der Waals surface area contributed by atoms with Crippen molar-refractivity contribution in [3.63, 3.8) is 0 Å². The number of alkyl halides is 3. The number of hydrogen-bond donors (Lipinski definition) is 0. The molecular weight excluding hydrogens is 295 g/mol. The summed E-state index contributed by atoms with van der Waals surface area (Å²) in [6, 6.07) is 3.91. The van der Waals surface area contributed by atoms with Crippen LogP contribution in [0.5, 0.6) is 0 Å². The van der Waals surface area contributed by atoms with E-state index in [4.69, 9.17) is 5.26 Å². The molecule has 0 aliphatic rings. The van der Waals surface area contributed by atoms with E-state index < -0.39 is 22.7 Å². The molecule has 0 aromatic carbocycles. The molecular formula is C11H12F3N3O2S. The predicted octanol–water partition coefficient (Wildman–Crippen LogP) is 1.92. The van der Waals surface area contributed by atoms with Crippen molar-refractivity contribution < 1.29 is 21.6 Å². The molecule has 0 N–H and O–H groups in total. The third-order valence-electron chi connectivity index (χ3n) is 2.32. The summed E-state index contributed by atoms with van der Waals surface area (Å²) < 4.78 is 61.8. The first kappa shape index (κ1) is 16.4. The molecule has 9 heteroatoms. The molecule has 0 fully saturated rings. The van der Waals surface area contributed by atoms with Crippen molar-refractivity contribution in [3.05, 3.63) is 24.0 Å². The molecule has 0 radical (unpaired) electrons. The van der Waals surface area contributed by atoms with Crippen molar-refractivity contribution >= 4 is 10.0 Å². The Morgan fingerprint density at radius 1 is 1.40 bits per heavy atom. The monoisotopic (exact) mass is 307 g/mol. The van der Waals surface area contributed by atoms with Crippen molar-refractivity contribution in [1.29, 1.82) is 5.26 Å². The zero-order valence-electron chi connectivity index (χ0n) is 10.6. The van der Waals surface area contributed by atoms with Gasteiger partial charge < -0.3 is 0 Å². The van der Waals surface area contributed by atoms with Gasteiger partial charge in [-0.1, -0.05) is 6.92 Å². The number of rotatable bonds is 5. The molecule has 0 aliphatic heterocycles. The third-order valence-corrected chi connectivity index (χ3v) is 4.15. The minimum absolute atomic E-state index is 0.0122. The summed E-state index contributed by atoms with van der Waals surface area (Å²) in [5.74, 6) is 0. The second kappa shape index (κ2) is 6.19. The summed E-state index contributed by atoms with van der Waals surface area (Å²) in [7, 11) is -4.28. The van der Waals surface area contributed by atoms with Crippen LogP contribution < -0.4 is 0 Å². The standard InChI is InChI=1S/C11H12F3N3O2S/c1-2-5-17(8-11(12,13)14)20(18,19)10-4-3-9(6-15)16-7-10/h3-4,7H,2,5,8H2,1H3. The number of hydrogen-bond acceptors (Lipinski definition) is 4. The molecule has 1 rings (SSSR count). The number of nitriles is 1. The first-order chi connectivity index (χ1) is 9.20. The Balaban J connectivity index is 3.12. The van der Waals surface area contributed by atoms with Crippen molar-refractivity contribution in [2.45, 2.75) is 24.4 Å². The molecule has 0 unspecified atom stereocenters. The average molecular weight is 307 g/mol. The highest BCUT2D eigenvalue weighted by molar-refractivity contribution is 7.89. The average Bonchev–Trinajstić information content (AvgIpc) is 2.37. The van der Waals surface area contributed by atoms with Gasteiger partial charge in [-0.15, -0.1) is 0 Å². The van der Waals surface area contributed by atoms with Gasteiger partial charge in [0.1, 0.15) is 23.2 Å². The summed E-state index contributed by atoms with van der Waals surface area (Å²) in [6.45, 7) is -0.221. The molecule has 5 nitrogen and oxygen atoms in total. The van der Waals surface area contributed by atoms with Gasteiger partial charge in [0.05, 0.1) is 0 Å². The largest absolute Gasteiger partial charge is 0.402 e. The second-order valence-electron chi connectivity index (χ2n) is 3.94. The van der Waals surface area contributed by atoms with Crippen LogP contribution in [0.15, 0.2) is 23.2 Å². The number of aromatic nitrogens is 1. The summed E-state index contributed by atoms with van der Waals surface area (Å²) in [6.07, 6.45) is -3.49. The maximum Gasteiger partial charge on any atom is 0.402 e. The third kappa shape index (κ3) is 4.18. The Bertz CT molecular complexity index is 591. The minimum atomic E-state index is -4.62. The van der Waals surface area contributed by atoms with Gasteiger partial charge >= 0.3 is 6.18 Å². The zero-order valence-corrected chi connectivity index (χ0v) is 11.4. The first-order valence-electron chi connectivity index (χ1n) is 5.63. The summed E-state index contributed by atoms with van der Waals surface area (Å²) in [4.78, 5) is 3.19. The molecule has 0 saturated carbocycles.